The van der Waals surface area contributed by atoms with Crippen molar-refractivity contribution in [1.29, 1.82) is 0 Å². The zero-order chi connectivity index (χ0) is 21.6. The molecular weight excluding hydrogens is 390 g/mol. The van der Waals surface area contributed by atoms with Crippen LogP contribution in [-0.2, 0) is 19.4 Å². The smallest absolute Gasteiger partial charge is 0.257 e. The van der Waals surface area contributed by atoms with Crippen LogP contribution in [0.25, 0.3) is 0 Å². The second-order valence-corrected chi connectivity index (χ2v) is 8.00. The van der Waals surface area contributed by atoms with Crippen LogP contribution >= 0.6 is 0 Å². The van der Waals surface area contributed by atoms with Crippen LogP contribution in [0.15, 0.2) is 61.1 Å². The zero-order valence-electron chi connectivity index (χ0n) is 17.7. The molecule has 0 radical (unpaired) electrons. The summed E-state index contributed by atoms with van der Waals surface area (Å²) < 4.78 is 1.93. The molecule has 1 atom stereocenters. The highest BCUT2D eigenvalue weighted by atomic mass is 16.2. The Bertz CT molecular complexity index is 1030. The lowest BCUT2D eigenvalue weighted by atomic mass is 9.94. The van der Waals surface area contributed by atoms with Crippen molar-refractivity contribution in [2.24, 2.45) is 5.92 Å². The molecule has 0 fully saturated rings. The van der Waals surface area contributed by atoms with E-state index < -0.39 is 0 Å². The van der Waals surface area contributed by atoms with Gasteiger partial charge in [-0.15, -0.1) is 0 Å². The summed E-state index contributed by atoms with van der Waals surface area (Å²) in [7, 11) is 1.84. The molecule has 0 aliphatic carbocycles. The number of aromatic nitrogens is 3. The van der Waals surface area contributed by atoms with Crippen LogP contribution in [0.2, 0.25) is 0 Å². The summed E-state index contributed by atoms with van der Waals surface area (Å²) in [5, 5.41) is 7.43. The van der Waals surface area contributed by atoms with Crippen LogP contribution in [0, 0.1) is 5.92 Å². The molecule has 3 aromatic rings. The van der Waals surface area contributed by atoms with Gasteiger partial charge in [0.15, 0.2) is 0 Å². The van der Waals surface area contributed by atoms with Gasteiger partial charge in [0, 0.05) is 39.1 Å². The molecule has 0 bridgehead atoms. The van der Waals surface area contributed by atoms with Gasteiger partial charge in [0.2, 0.25) is 0 Å². The third-order valence-corrected chi connectivity index (χ3v) is 5.81. The normalized spacial score (nSPS) is 15.2. The quantitative estimate of drug-likeness (QED) is 0.641. The van der Waals surface area contributed by atoms with Crippen molar-refractivity contribution in [2.45, 2.75) is 25.8 Å². The minimum Gasteiger partial charge on any atom is -0.352 e. The van der Waals surface area contributed by atoms with Gasteiger partial charge in [0.1, 0.15) is 0 Å². The maximum Gasteiger partial charge on any atom is 0.257 e. The summed E-state index contributed by atoms with van der Waals surface area (Å²) in [6.45, 7) is 1.97. The van der Waals surface area contributed by atoms with E-state index in [1.165, 1.54) is 5.56 Å². The molecule has 0 saturated heterocycles. The van der Waals surface area contributed by atoms with Gasteiger partial charge in [-0.2, -0.15) is 5.10 Å². The first-order valence-electron chi connectivity index (χ1n) is 10.6. The van der Waals surface area contributed by atoms with Crippen LogP contribution < -0.4 is 5.32 Å². The molecule has 31 heavy (non-hydrogen) atoms. The minimum absolute atomic E-state index is 0.00257. The van der Waals surface area contributed by atoms with E-state index in [1.54, 1.807) is 35.6 Å². The van der Waals surface area contributed by atoms with Gasteiger partial charge in [-0.05, 0) is 42.9 Å². The van der Waals surface area contributed by atoms with Gasteiger partial charge in [-0.25, -0.2) is 0 Å². The highest BCUT2D eigenvalue weighted by Crippen LogP contribution is 2.23. The number of nitrogens with zero attached hydrogens (tertiary/aromatic N) is 4. The first-order chi connectivity index (χ1) is 15.1. The minimum atomic E-state index is -0.121. The van der Waals surface area contributed by atoms with Gasteiger partial charge < -0.3 is 10.2 Å². The molecule has 7 heteroatoms. The number of hydrogen-bond acceptors (Lipinski definition) is 4. The SMILES string of the molecule is CN(CCc1ccccc1)C(=O)c1cnn2c1C[C@@H](CNC(=O)c1cccnc1)CC2. The fraction of sp³-hybridized carbons (Fsp3) is 0.333. The van der Waals surface area contributed by atoms with Gasteiger partial charge in [0.25, 0.3) is 11.8 Å². The molecule has 1 aromatic carbocycles. The monoisotopic (exact) mass is 417 g/mol. The van der Waals surface area contributed by atoms with Crippen molar-refractivity contribution in [2.75, 3.05) is 20.1 Å². The summed E-state index contributed by atoms with van der Waals surface area (Å²) >= 11 is 0. The number of likely N-dealkylation sites (N-methyl/N-ethyl adjacent to an activating group) is 1. The number of fused-ring (bicyclic) bond motifs is 1. The lowest BCUT2D eigenvalue weighted by Gasteiger charge is -2.25. The van der Waals surface area contributed by atoms with Crippen LogP contribution in [0.1, 0.15) is 38.4 Å². The number of rotatable bonds is 7. The molecule has 0 unspecified atom stereocenters. The Morgan fingerprint density at radius 3 is 2.77 bits per heavy atom. The Kier molecular flexibility index (Phi) is 6.40. The van der Waals surface area contributed by atoms with Gasteiger partial charge in [-0.1, -0.05) is 30.3 Å². The average Bonchev–Trinajstić information content (AvgIpc) is 3.25. The van der Waals surface area contributed by atoms with Crippen LogP contribution in [-0.4, -0.2) is 51.6 Å². The standard InChI is InChI=1S/C24H27N5O2/c1-28(12-9-18-6-3-2-4-7-18)24(31)21-17-27-29-13-10-19(14-22(21)29)15-26-23(30)20-8-5-11-25-16-20/h2-8,11,16-17,19H,9-10,12-15H2,1H3,(H,26,30)/t19-/m0/s1. The topological polar surface area (TPSA) is 80.1 Å². The second-order valence-electron chi connectivity index (χ2n) is 8.00. The average molecular weight is 418 g/mol. The number of pyridine rings is 1. The molecule has 7 nitrogen and oxygen atoms in total. The second kappa shape index (κ2) is 9.55. The van der Waals surface area contributed by atoms with E-state index in [0.29, 0.717) is 24.2 Å². The zero-order valence-corrected chi connectivity index (χ0v) is 17.7. The number of carbonyl (C=O) groups excluding carboxylic acids is 2. The van der Waals surface area contributed by atoms with Gasteiger partial charge in [0.05, 0.1) is 23.0 Å². The Labute approximate surface area is 182 Å². The highest BCUT2D eigenvalue weighted by Gasteiger charge is 2.27. The summed E-state index contributed by atoms with van der Waals surface area (Å²) in [4.78, 5) is 31.1. The van der Waals surface area contributed by atoms with Crippen molar-refractivity contribution in [3.8, 4) is 0 Å². The molecule has 4 rings (SSSR count). The maximum absolute atomic E-state index is 13.1. The third kappa shape index (κ3) is 4.99. The number of aryl methyl sites for hydroxylation is 1. The number of amides is 2. The maximum atomic E-state index is 13.1. The first kappa shape index (κ1) is 20.8. The Hall–Kier alpha value is -3.48. The van der Waals surface area contributed by atoms with Gasteiger partial charge >= 0.3 is 0 Å². The predicted molar refractivity (Wildman–Crippen MR) is 118 cm³/mol. The van der Waals surface area contributed by atoms with Crippen molar-refractivity contribution in [3.05, 3.63) is 83.4 Å². The van der Waals surface area contributed by atoms with E-state index in [0.717, 1.165) is 31.5 Å². The van der Waals surface area contributed by atoms with E-state index in [9.17, 15) is 9.59 Å². The molecule has 2 amide bonds. The Balaban J connectivity index is 1.35. The van der Waals surface area contributed by atoms with E-state index in [1.807, 2.05) is 29.9 Å². The number of hydrogen-bond donors (Lipinski definition) is 1. The van der Waals surface area contributed by atoms with E-state index in [-0.39, 0.29) is 17.7 Å². The predicted octanol–water partition coefficient (Wildman–Crippen LogP) is 2.59. The fourth-order valence-corrected chi connectivity index (χ4v) is 3.94. The summed E-state index contributed by atoms with van der Waals surface area (Å²) in [5.41, 5.74) is 3.39. The Morgan fingerprint density at radius 2 is 2.00 bits per heavy atom. The molecule has 0 spiro atoms. The van der Waals surface area contributed by atoms with Crippen LogP contribution in [0.3, 0.4) is 0 Å². The van der Waals surface area contributed by atoms with E-state index >= 15 is 0 Å². The molecule has 1 aliphatic heterocycles. The van der Waals surface area contributed by atoms with E-state index in [2.05, 4.69) is 27.5 Å². The number of carbonyl (C=O) groups is 2. The Morgan fingerprint density at radius 1 is 1.16 bits per heavy atom. The molecule has 1 N–H and O–H groups in total. The molecule has 0 saturated carbocycles. The van der Waals surface area contributed by atoms with Crippen molar-refractivity contribution >= 4 is 11.8 Å². The van der Waals surface area contributed by atoms with Gasteiger partial charge in [-0.3, -0.25) is 19.3 Å². The highest BCUT2D eigenvalue weighted by molar-refractivity contribution is 5.95. The fourth-order valence-electron chi connectivity index (χ4n) is 3.94. The third-order valence-electron chi connectivity index (χ3n) is 5.81. The molecule has 2 aromatic heterocycles. The first-order valence-corrected chi connectivity index (χ1v) is 10.6. The number of benzene rings is 1. The molecule has 160 valence electrons. The molecule has 1 aliphatic rings. The van der Waals surface area contributed by atoms with E-state index in [4.69, 9.17) is 0 Å². The summed E-state index contributed by atoms with van der Waals surface area (Å²) in [6.07, 6.45) is 7.35. The lowest BCUT2D eigenvalue weighted by molar-refractivity contribution is 0.0793. The van der Waals surface area contributed by atoms with Crippen molar-refractivity contribution in [1.82, 2.24) is 25.0 Å². The summed E-state index contributed by atoms with van der Waals surface area (Å²) in [6, 6.07) is 13.7. The molecular formula is C24H27N5O2. The molecule has 3 heterocycles. The van der Waals surface area contributed by atoms with Crippen LogP contribution in [0.5, 0.6) is 0 Å². The largest absolute Gasteiger partial charge is 0.352 e. The summed E-state index contributed by atoms with van der Waals surface area (Å²) in [5.74, 6) is 0.146. The van der Waals surface area contributed by atoms with Crippen molar-refractivity contribution in [3.63, 3.8) is 0 Å². The van der Waals surface area contributed by atoms with Crippen LogP contribution in [0.4, 0.5) is 0 Å². The van der Waals surface area contributed by atoms with Crippen molar-refractivity contribution < 1.29 is 9.59 Å². The number of nitrogens with one attached hydrogen (secondary N) is 1. The lowest BCUT2D eigenvalue weighted by Crippen LogP contribution is -2.34.